The van der Waals surface area contributed by atoms with Gasteiger partial charge in [-0.15, -0.1) is 0 Å². The minimum Gasteiger partial charge on any atom is -0.466 e. The molecule has 0 fully saturated rings. The zero-order chi connectivity index (χ0) is 29.6. The van der Waals surface area contributed by atoms with Gasteiger partial charge in [0.05, 0.1) is 24.9 Å². The standard InChI is InChI=1S/C25H46N4O9/c1-9-17(5)23(19(15-29(35)36)13-22(31)37-10-2)27-21(30)12-18(14-28(33)34)20(11-16(3)4)26-24(32)38-25(6,7)8/h16-20,23H,9-15H2,1-8H3,(H,26,32)(H,27,30)/t17-,18+,19+,20-,23-/m0/s1. The molecule has 0 heterocycles. The molecule has 0 aromatic carbocycles. The Morgan fingerprint density at radius 1 is 0.895 bits per heavy atom. The molecule has 2 amide bonds. The van der Waals surface area contributed by atoms with Crippen LogP contribution < -0.4 is 10.6 Å². The van der Waals surface area contributed by atoms with Crippen LogP contribution in [0.15, 0.2) is 0 Å². The largest absolute Gasteiger partial charge is 0.466 e. The molecular formula is C25H46N4O9. The van der Waals surface area contributed by atoms with Gasteiger partial charge < -0.3 is 20.1 Å². The monoisotopic (exact) mass is 546 g/mol. The second kappa shape index (κ2) is 16.8. The number of nitrogens with one attached hydrogen (secondary N) is 2. The Morgan fingerprint density at radius 3 is 1.89 bits per heavy atom. The van der Waals surface area contributed by atoms with Gasteiger partial charge >= 0.3 is 12.1 Å². The van der Waals surface area contributed by atoms with Crippen molar-refractivity contribution in [2.75, 3.05) is 19.7 Å². The van der Waals surface area contributed by atoms with Crippen LogP contribution in [0.5, 0.6) is 0 Å². The molecule has 0 saturated carbocycles. The van der Waals surface area contributed by atoms with Gasteiger partial charge in [-0.05, 0) is 46.0 Å². The molecular weight excluding hydrogens is 500 g/mol. The Bertz CT molecular complexity index is 798. The fraction of sp³-hybridized carbons (Fsp3) is 0.880. The molecule has 0 rings (SSSR count). The van der Waals surface area contributed by atoms with E-state index in [0.29, 0.717) is 12.8 Å². The first-order valence-electron chi connectivity index (χ1n) is 13.2. The predicted molar refractivity (Wildman–Crippen MR) is 141 cm³/mol. The highest BCUT2D eigenvalue weighted by Crippen LogP contribution is 2.23. The zero-order valence-corrected chi connectivity index (χ0v) is 24.0. The number of hydrogen-bond acceptors (Lipinski definition) is 9. The highest BCUT2D eigenvalue weighted by molar-refractivity contribution is 5.77. The lowest BCUT2D eigenvalue weighted by Gasteiger charge is -2.32. The first-order valence-corrected chi connectivity index (χ1v) is 13.2. The first kappa shape index (κ1) is 35.0. The third-order valence-electron chi connectivity index (χ3n) is 6.04. The number of alkyl carbamates (subject to hydrolysis) is 1. The Morgan fingerprint density at radius 2 is 1.45 bits per heavy atom. The summed E-state index contributed by atoms with van der Waals surface area (Å²) in [5.41, 5.74) is -0.781. The molecule has 38 heavy (non-hydrogen) atoms. The van der Waals surface area contributed by atoms with Gasteiger partial charge in [-0.1, -0.05) is 34.1 Å². The normalized spacial score (nSPS) is 15.5. The van der Waals surface area contributed by atoms with Crippen LogP contribution in [-0.4, -0.2) is 65.2 Å². The zero-order valence-electron chi connectivity index (χ0n) is 24.0. The minimum absolute atomic E-state index is 0.0502. The van der Waals surface area contributed by atoms with Gasteiger partial charge in [-0.2, -0.15) is 0 Å². The van der Waals surface area contributed by atoms with Gasteiger partial charge in [-0.3, -0.25) is 29.8 Å². The van der Waals surface area contributed by atoms with Crippen LogP contribution in [0.4, 0.5) is 4.79 Å². The number of nitrogens with zero attached hydrogens (tertiary/aromatic N) is 2. The summed E-state index contributed by atoms with van der Waals surface area (Å²) >= 11 is 0. The molecule has 13 heteroatoms. The summed E-state index contributed by atoms with van der Waals surface area (Å²) in [4.78, 5) is 59.6. The van der Waals surface area contributed by atoms with Gasteiger partial charge in [0.15, 0.2) is 0 Å². The molecule has 0 spiro atoms. The van der Waals surface area contributed by atoms with E-state index in [-0.39, 0.29) is 31.3 Å². The molecule has 0 bridgehead atoms. The van der Waals surface area contributed by atoms with Crippen molar-refractivity contribution >= 4 is 18.0 Å². The summed E-state index contributed by atoms with van der Waals surface area (Å²) in [6.45, 7) is 13.2. The molecule has 0 unspecified atom stereocenters. The van der Waals surface area contributed by atoms with Crippen LogP contribution in [0.1, 0.15) is 81.1 Å². The molecule has 0 aromatic rings. The molecule has 2 N–H and O–H groups in total. The van der Waals surface area contributed by atoms with E-state index in [9.17, 15) is 34.6 Å². The van der Waals surface area contributed by atoms with Gasteiger partial charge in [-0.25, -0.2) is 4.79 Å². The Kier molecular flexibility index (Phi) is 15.4. The van der Waals surface area contributed by atoms with Crippen molar-refractivity contribution in [1.29, 1.82) is 0 Å². The van der Waals surface area contributed by atoms with Gasteiger partial charge in [0, 0.05) is 28.4 Å². The number of rotatable bonds is 17. The highest BCUT2D eigenvalue weighted by Gasteiger charge is 2.36. The molecule has 5 atom stereocenters. The number of carbonyl (C=O) groups is 3. The topological polar surface area (TPSA) is 180 Å². The molecule has 0 aromatic heterocycles. The summed E-state index contributed by atoms with van der Waals surface area (Å²) in [7, 11) is 0. The number of carbonyl (C=O) groups excluding carboxylic acids is 3. The third-order valence-corrected chi connectivity index (χ3v) is 6.04. The maximum Gasteiger partial charge on any atom is 0.407 e. The molecule has 13 nitrogen and oxygen atoms in total. The van der Waals surface area contributed by atoms with E-state index in [2.05, 4.69) is 10.6 Å². The average Bonchev–Trinajstić information content (AvgIpc) is 2.73. The van der Waals surface area contributed by atoms with Crippen molar-refractivity contribution in [2.45, 2.75) is 98.8 Å². The lowest BCUT2D eigenvalue weighted by molar-refractivity contribution is -0.489. The van der Waals surface area contributed by atoms with Crippen molar-refractivity contribution in [3.05, 3.63) is 20.2 Å². The van der Waals surface area contributed by atoms with Crippen LogP contribution in [0.25, 0.3) is 0 Å². The fourth-order valence-corrected chi connectivity index (χ4v) is 4.25. The van der Waals surface area contributed by atoms with E-state index in [1.807, 2.05) is 27.7 Å². The van der Waals surface area contributed by atoms with Crippen molar-refractivity contribution in [3.8, 4) is 0 Å². The summed E-state index contributed by atoms with van der Waals surface area (Å²) in [6, 6.07) is -1.46. The van der Waals surface area contributed by atoms with Crippen molar-refractivity contribution in [1.82, 2.24) is 10.6 Å². The lowest BCUT2D eigenvalue weighted by Crippen LogP contribution is -2.50. The summed E-state index contributed by atoms with van der Waals surface area (Å²) < 4.78 is 10.3. The number of nitro groups is 2. The fourth-order valence-electron chi connectivity index (χ4n) is 4.25. The van der Waals surface area contributed by atoms with Crippen LogP contribution >= 0.6 is 0 Å². The van der Waals surface area contributed by atoms with Crippen LogP contribution in [0.3, 0.4) is 0 Å². The van der Waals surface area contributed by atoms with Gasteiger partial charge in [0.2, 0.25) is 19.0 Å². The quantitative estimate of drug-likeness (QED) is 0.156. The second-order valence-electron chi connectivity index (χ2n) is 11.1. The molecule has 0 aliphatic carbocycles. The maximum absolute atomic E-state index is 13.2. The van der Waals surface area contributed by atoms with E-state index < -0.39 is 70.4 Å². The number of amides is 2. The van der Waals surface area contributed by atoms with Crippen molar-refractivity contribution < 1.29 is 33.7 Å². The Labute approximate surface area is 225 Å². The summed E-state index contributed by atoms with van der Waals surface area (Å²) in [5.74, 6) is -3.03. The van der Waals surface area contributed by atoms with Crippen molar-refractivity contribution in [2.24, 2.45) is 23.7 Å². The van der Waals surface area contributed by atoms with E-state index in [1.54, 1.807) is 27.7 Å². The van der Waals surface area contributed by atoms with Crippen LogP contribution in [0, 0.1) is 43.9 Å². The number of esters is 1. The van der Waals surface area contributed by atoms with Crippen molar-refractivity contribution in [3.63, 3.8) is 0 Å². The lowest BCUT2D eigenvalue weighted by atomic mass is 9.84. The molecule has 0 aliphatic rings. The van der Waals surface area contributed by atoms with E-state index in [4.69, 9.17) is 9.47 Å². The number of hydrogen-bond donors (Lipinski definition) is 2. The maximum atomic E-state index is 13.2. The SMILES string of the molecule is CCOC(=O)C[C@H](C[N+](=O)[O-])[C@@H](NC(=O)C[C@H](C[N+](=O)[O-])[C@H](CC(C)C)NC(=O)OC(C)(C)C)[C@@H](C)CC. The summed E-state index contributed by atoms with van der Waals surface area (Å²) in [6.07, 6.45) is -0.359. The second-order valence-corrected chi connectivity index (χ2v) is 11.1. The minimum atomic E-state index is -0.864. The Hall–Kier alpha value is -2.99. The van der Waals surface area contributed by atoms with Gasteiger partial charge in [0.25, 0.3) is 0 Å². The Balaban J connectivity index is 5.95. The third kappa shape index (κ3) is 15.3. The van der Waals surface area contributed by atoms with E-state index in [1.165, 1.54) is 0 Å². The number of ether oxygens (including phenoxy) is 2. The molecule has 220 valence electrons. The van der Waals surface area contributed by atoms with Gasteiger partial charge in [0.1, 0.15) is 5.60 Å². The first-order chi connectivity index (χ1) is 17.5. The smallest absolute Gasteiger partial charge is 0.407 e. The van der Waals surface area contributed by atoms with E-state index in [0.717, 1.165) is 0 Å². The highest BCUT2D eigenvalue weighted by atomic mass is 16.6. The predicted octanol–water partition coefficient (Wildman–Crippen LogP) is 3.59. The molecule has 0 radical (unpaired) electrons. The van der Waals surface area contributed by atoms with Crippen LogP contribution in [0.2, 0.25) is 0 Å². The molecule has 0 aliphatic heterocycles. The average molecular weight is 547 g/mol. The van der Waals surface area contributed by atoms with E-state index >= 15 is 0 Å². The molecule has 0 saturated heterocycles. The van der Waals surface area contributed by atoms with Crippen LogP contribution in [-0.2, 0) is 19.1 Å². The summed E-state index contributed by atoms with van der Waals surface area (Å²) in [5, 5.41) is 28.3.